The van der Waals surface area contributed by atoms with Gasteiger partial charge in [0.2, 0.25) is 0 Å². The van der Waals surface area contributed by atoms with Crippen molar-refractivity contribution in [2.24, 2.45) is 5.92 Å². The molecule has 0 fully saturated rings. The summed E-state index contributed by atoms with van der Waals surface area (Å²) in [4.78, 5) is 23.2. The van der Waals surface area contributed by atoms with Crippen LogP contribution in [-0.4, -0.2) is 35.4 Å². The summed E-state index contributed by atoms with van der Waals surface area (Å²) < 4.78 is 0. The third kappa shape index (κ3) is 1.48. The van der Waals surface area contributed by atoms with Crippen LogP contribution in [0.4, 0.5) is 0 Å². The van der Waals surface area contributed by atoms with Crippen LogP contribution in [0, 0.1) is 5.92 Å². The van der Waals surface area contributed by atoms with Crippen molar-refractivity contribution in [2.45, 2.75) is 6.04 Å². The molecule has 1 aliphatic carbocycles. The number of aliphatic carboxylic acids is 1. The topological polar surface area (TPSA) is 57.6 Å². The van der Waals surface area contributed by atoms with Gasteiger partial charge in [0.25, 0.3) is 0 Å². The number of likely N-dealkylation sites (N-methyl/N-ethyl adjacent to an activating group) is 1. The van der Waals surface area contributed by atoms with Crippen LogP contribution < -0.4 is 0 Å². The second kappa shape index (κ2) is 3.38. The lowest BCUT2D eigenvalue weighted by molar-refractivity contribution is -0.134. The molecular formula is C11H11NO3. The molecule has 78 valence electrons. The first-order chi connectivity index (χ1) is 7.13. The molecule has 2 aliphatic rings. The molecule has 4 nitrogen and oxygen atoms in total. The van der Waals surface area contributed by atoms with Gasteiger partial charge in [-0.1, -0.05) is 18.2 Å². The summed E-state index contributed by atoms with van der Waals surface area (Å²) in [6, 6.07) is -0.0405. The second-order valence-electron chi connectivity index (χ2n) is 3.68. The lowest BCUT2D eigenvalue weighted by Crippen LogP contribution is -2.31. The number of hydrogen-bond acceptors (Lipinski definition) is 3. The Labute approximate surface area is 87.2 Å². The van der Waals surface area contributed by atoms with E-state index in [0.717, 1.165) is 6.29 Å². The largest absolute Gasteiger partial charge is 0.477 e. The minimum absolute atomic E-state index is 0.0405. The van der Waals surface area contributed by atoms with Gasteiger partial charge in [0.05, 0.1) is 6.04 Å². The zero-order valence-corrected chi connectivity index (χ0v) is 8.25. The summed E-state index contributed by atoms with van der Waals surface area (Å²) in [5.74, 6) is -0.869. The van der Waals surface area contributed by atoms with Gasteiger partial charge in [0, 0.05) is 18.5 Å². The van der Waals surface area contributed by atoms with Crippen molar-refractivity contribution in [3.63, 3.8) is 0 Å². The Morgan fingerprint density at radius 1 is 1.53 bits per heavy atom. The number of carboxylic acids is 1. The minimum Gasteiger partial charge on any atom is -0.477 e. The molecule has 0 amide bonds. The lowest BCUT2D eigenvalue weighted by Gasteiger charge is -2.25. The van der Waals surface area contributed by atoms with Crippen LogP contribution >= 0.6 is 0 Å². The Morgan fingerprint density at radius 3 is 2.87 bits per heavy atom. The van der Waals surface area contributed by atoms with Crippen molar-refractivity contribution in [1.82, 2.24) is 4.90 Å². The fourth-order valence-electron chi connectivity index (χ4n) is 1.99. The molecule has 2 unspecified atom stereocenters. The quantitative estimate of drug-likeness (QED) is 0.670. The van der Waals surface area contributed by atoms with Crippen molar-refractivity contribution in [3.05, 3.63) is 35.6 Å². The first-order valence-electron chi connectivity index (χ1n) is 4.66. The fraction of sp³-hybridized carbons (Fsp3) is 0.273. The molecule has 1 aliphatic heterocycles. The highest BCUT2D eigenvalue weighted by atomic mass is 16.4. The van der Waals surface area contributed by atoms with Crippen LogP contribution in [0.2, 0.25) is 0 Å². The molecule has 0 aromatic heterocycles. The lowest BCUT2D eigenvalue weighted by atomic mass is 9.94. The molecule has 2 rings (SSSR count). The standard InChI is InChI=1S/C11H11NO3/c1-12-9-4-7(6-13)2-3-8(9)5-10(12)11(14)15/h2-6,8-9H,1H3,(H,14,15). The van der Waals surface area contributed by atoms with Crippen LogP contribution in [0.1, 0.15) is 0 Å². The molecule has 0 radical (unpaired) electrons. The van der Waals surface area contributed by atoms with E-state index in [9.17, 15) is 9.59 Å². The number of allylic oxidation sites excluding steroid dienone is 2. The van der Waals surface area contributed by atoms with Crippen LogP contribution in [0.25, 0.3) is 0 Å². The fourth-order valence-corrected chi connectivity index (χ4v) is 1.99. The molecule has 0 bridgehead atoms. The maximum absolute atomic E-state index is 10.9. The Hall–Kier alpha value is -1.84. The molecule has 0 aromatic rings. The van der Waals surface area contributed by atoms with Gasteiger partial charge >= 0.3 is 5.97 Å². The van der Waals surface area contributed by atoms with Gasteiger partial charge in [0.15, 0.2) is 0 Å². The number of nitrogens with zero attached hydrogens (tertiary/aromatic N) is 1. The number of aldehydes is 1. The van der Waals surface area contributed by atoms with Crippen molar-refractivity contribution in [2.75, 3.05) is 7.05 Å². The SMILES string of the molecule is CN1C(C(=O)O)=CC2C=CC(C=O)=CC21. The average molecular weight is 205 g/mol. The molecule has 1 heterocycles. The van der Waals surface area contributed by atoms with Gasteiger partial charge in [-0.3, -0.25) is 4.79 Å². The zero-order chi connectivity index (χ0) is 11.0. The summed E-state index contributed by atoms with van der Waals surface area (Å²) in [6.07, 6.45) is 7.87. The Bertz CT molecular complexity index is 406. The first-order valence-corrected chi connectivity index (χ1v) is 4.66. The van der Waals surface area contributed by atoms with Gasteiger partial charge in [0.1, 0.15) is 12.0 Å². The molecule has 2 atom stereocenters. The summed E-state index contributed by atoms with van der Waals surface area (Å²) in [7, 11) is 1.72. The van der Waals surface area contributed by atoms with E-state index in [1.807, 2.05) is 6.08 Å². The van der Waals surface area contributed by atoms with Gasteiger partial charge in [-0.05, 0) is 6.08 Å². The van der Waals surface area contributed by atoms with E-state index >= 15 is 0 Å². The molecular weight excluding hydrogens is 194 g/mol. The summed E-state index contributed by atoms with van der Waals surface area (Å²) in [5.41, 5.74) is 0.890. The number of carboxylic acid groups (broad SMARTS) is 1. The minimum atomic E-state index is -0.929. The normalized spacial score (nSPS) is 28.2. The molecule has 4 heteroatoms. The van der Waals surface area contributed by atoms with Crippen molar-refractivity contribution >= 4 is 12.3 Å². The van der Waals surface area contributed by atoms with Gasteiger partial charge in [-0.25, -0.2) is 4.79 Å². The van der Waals surface area contributed by atoms with E-state index in [0.29, 0.717) is 5.57 Å². The van der Waals surface area contributed by atoms with Crippen molar-refractivity contribution in [1.29, 1.82) is 0 Å². The molecule has 0 aromatic carbocycles. The zero-order valence-electron chi connectivity index (χ0n) is 8.25. The number of rotatable bonds is 2. The Morgan fingerprint density at radius 2 is 2.27 bits per heavy atom. The maximum atomic E-state index is 10.9. The highest BCUT2D eigenvalue weighted by Gasteiger charge is 2.33. The Balaban J connectivity index is 2.31. The highest BCUT2D eigenvalue weighted by Crippen LogP contribution is 2.31. The van der Waals surface area contributed by atoms with Gasteiger partial charge in [-0.15, -0.1) is 0 Å². The molecule has 0 spiro atoms. The van der Waals surface area contributed by atoms with Crippen molar-refractivity contribution < 1.29 is 14.7 Å². The van der Waals surface area contributed by atoms with E-state index in [1.54, 1.807) is 30.2 Å². The van der Waals surface area contributed by atoms with E-state index in [4.69, 9.17) is 5.11 Å². The van der Waals surface area contributed by atoms with E-state index in [2.05, 4.69) is 0 Å². The van der Waals surface area contributed by atoms with E-state index in [-0.39, 0.29) is 17.7 Å². The monoisotopic (exact) mass is 205 g/mol. The Kier molecular flexibility index (Phi) is 2.19. The second-order valence-corrected chi connectivity index (χ2v) is 3.68. The predicted octanol–water partition coefficient (Wildman–Crippen LogP) is 0.580. The van der Waals surface area contributed by atoms with Crippen LogP contribution in [0.3, 0.4) is 0 Å². The highest BCUT2D eigenvalue weighted by molar-refractivity contribution is 5.87. The van der Waals surface area contributed by atoms with Crippen LogP contribution in [0.15, 0.2) is 35.6 Å². The number of carbonyl (C=O) groups is 2. The molecule has 15 heavy (non-hydrogen) atoms. The summed E-state index contributed by atoms with van der Waals surface area (Å²) in [6.45, 7) is 0. The van der Waals surface area contributed by atoms with Crippen LogP contribution in [0.5, 0.6) is 0 Å². The molecule has 0 saturated carbocycles. The van der Waals surface area contributed by atoms with Crippen molar-refractivity contribution in [3.8, 4) is 0 Å². The van der Waals surface area contributed by atoms with Crippen LogP contribution in [-0.2, 0) is 9.59 Å². The number of carbonyl (C=O) groups excluding carboxylic acids is 1. The first kappa shape index (κ1) is 9.71. The average Bonchev–Trinajstić information content (AvgIpc) is 2.56. The van der Waals surface area contributed by atoms with Gasteiger partial charge < -0.3 is 10.0 Å². The third-order valence-corrected chi connectivity index (χ3v) is 2.80. The van der Waals surface area contributed by atoms with Gasteiger partial charge in [-0.2, -0.15) is 0 Å². The van der Waals surface area contributed by atoms with E-state index < -0.39 is 5.97 Å². The molecule has 1 N–H and O–H groups in total. The molecule has 0 saturated heterocycles. The maximum Gasteiger partial charge on any atom is 0.351 e. The number of hydrogen-bond donors (Lipinski definition) is 1. The van der Waals surface area contributed by atoms with E-state index in [1.165, 1.54) is 0 Å². The predicted molar refractivity (Wildman–Crippen MR) is 54.0 cm³/mol. The third-order valence-electron chi connectivity index (χ3n) is 2.80. The summed E-state index contributed by atoms with van der Waals surface area (Å²) >= 11 is 0. The number of fused-ring (bicyclic) bond motifs is 1. The summed E-state index contributed by atoms with van der Waals surface area (Å²) in [5, 5.41) is 8.93. The smallest absolute Gasteiger partial charge is 0.351 e.